The number of nitrogens with zero attached hydrogens (tertiary/aromatic N) is 1. The van der Waals surface area contributed by atoms with Crippen molar-refractivity contribution >= 4 is 44.1 Å². The van der Waals surface area contributed by atoms with Gasteiger partial charge < -0.3 is 10.3 Å². The van der Waals surface area contributed by atoms with Gasteiger partial charge in [0.2, 0.25) is 0 Å². The zero-order chi connectivity index (χ0) is 19.1. The zero-order valence-corrected chi connectivity index (χ0v) is 15.4. The van der Waals surface area contributed by atoms with E-state index in [-0.39, 0.29) is 5.91 Å². The van der Waals surface area contributed by atoms with Gasteiger partial charge in [0, 0.05) is 10.4 Å². The van der Waals surface area contributed by atoms with E-state index in [9.17, 15) is 9.18 Å². The molecule has 2 heterocycles. The van der Waals surface area contributed by atoms with Gasteiger partial charge in [-0.05, 0) is 47.9 Å². The quantitative estimate of drug-likeness (QED) is 0.409. The molecule has 6 heteroatoms. The highest BCUT2D eigenvalue weighted by atomic mass is 32.1. The maximum absolute atomic E-state index is 14.7. The summed E-state index contributed by atoms with van der Waals surface area (Å²) in [5.74, 6) is -0.244. The fraction of sp³-hybridized carbons (Fsp3) is 0. The monoisotopic (exact) mass is 387 g/mol. The molecule has 28 heavy (non-hydrogen) atoms. The molecule has 0 fully saturated rings. The minimum absolute atomic E-state index is 0.253. The molecule has 5 aromatic rings. The first-order valence-corrected chi connectivity index (χ1v) is 9.54. The molecular weight excluding hydrogens is 373 g/mol. The molecule has 2 aromatic heterocycles. The van der Waals surface area contributed by atoms with Crippen molar-refractivity contribution in [1.29, 1.82) is 0 Å². The Morgan fingerprint density at radius 2 is 1.82 bits per heavy atom. The number of thiophene rings is 1. The maximum Gasteiger partial charge on any atom is 0.265 e. The summed E-state index contributed by atoms with van der Waals surface area (Å²) in [4.78, 5) is 20.7. The molecule has 3 aromatic carbocycles. The number of carbonyl (C=O) groups is 1. The van der Waals surface area contributed by atoms with Gasteiger partial charge in [-0.25, -0.2) is 9.37 Å². The predicted octanol–water partition coefficient (Wildman–Crippen LogP) is 5.84. The van der Waals surface area contributed by atoms with E-state index in [4.69, 9.17) is 0 Å². The number of aromatic nitrogens is 2. The van der Waals surface area contributed by atoms with E-state index in [0.29, 0.717) is 22.0 Å². The Kier molecular flexibility index (Phi) is 3.91. The summed E-state index contributed by atoms with van der Waals surface area (Å²) in [6, 6.07) is 21.8. The van der Waals surface area contributed by atoms with Crippen LogP contribution in [0.2, 0.25) is 0 Å². The third kappa shape index (κ3) is 2.93. The Balaban J connectivity index is 1.42. The number of halogens is 1. The summed E-state index contributed by atoms with van der Waals surface area (Å²) < 4.78 is 15.7. The van der Waals surface area contributed by atoms with Crippen LogP contribution < -0.4 is 5.32 Å². The molecule has 136 valence electrons. The third-order valence-corrected chi connectivity index (χ3v) is 5.64. The van der Waals surface area contributed by atoms with Gasteiger partial charge in [-0.15, -0.1) is 11.3 Å². The minimum Gasteiger partial charge on any atom is -0.338 e. The maximum atomic E-state index is 14.7. The number of imidazole rings is 1. The highest BCUT2D eigenvalue weighted by molar-refractivity contribution is 7.20. The molecule has 0 saturated carbocycles. The molecular formula is C22H14FN3OS. The number of amides is 1. The molecule has 0 unspecified atom stereocenters. The zero-order valence-electron chi connectivity index (χ0n) is 14.6. The van der Waals surface area contributed by atoms with Gasteiger partial charge in [-0.1, -0.05) is 30.3 Å². The van der Waals surface area contributed by atoms with Crippen LogP contribution >= 0.6 is 11.3 Å². The van der Waals surface area contributed by atoms with Gasteiger partial charge in [0.1, 0.15) is 11.6 Å². The number of H-pyrrole nitrogens is 1. The lowest BCUT2D eigenvalue weighted by molar-refractivity contribution is 0.103. The van der Waals surface area contributed by atoms with Crippen LogP contribution in [0.4, 0.5) is 10.1 Å². The summed E-state index contributed by atoms with van der Waals surface area (Å²) >= 11 is 1.41. The number of para-hydroxylation sites is 2. The SMILES string of the molecule is O=C(Nc1ccc(-c2nc3ccccc3[nH]2)c(F)c1)c1cc2ccccc2s1. The van der Waals surface area contributed by atoms with Crippen LogP contribution in [0.25, 0.3) is 32.5 Å². The molecule has 0 radical (unpaired) electrons. The highest BCUT2D eigenvalue weighted by Gasteiger charge is 2.14. The van der Waals surface area contributed by atoms with Gasteiger partial charge >= 0.3 is 0 Å². The van der Waals surface area contributed by atoms with Gasteiger partial charge in [0.15, 0.2) is 0 Å². The molecule has 2 N–H and O–H groups in total. The predicted molar refractivity (Wildman–Crippen MR) is 111 cm³/mol. The first-order valence-electron chi connectivity index (χ1n) is 8.72. The Bertz CT molecular complexity index is 1270. The van der Waals surface area contributed by atoms with Crippen molar-refractivity contribution < 1.29 is 9.18 Å². The van der Waals surface area contributed by atoms with E-state index in [1.54, 1.807) is 12.1 Å². The summed E-state index contributed by atoms with van der Waals surface area (Å²) in [5.41, 5.74) is 2.38. The van der Waals surface area contributed by atoms with Crippen molar-refractivity contribution in [1.82, 2.24) is 9.97 Å². The van der Waals surface area contributed by atoms with Crippen LogP contribution in [-0.4, -0.2) is 15.9 Å². The molecule has 5 rings (SSSR count). The van der Waals surface area contributed by atoms with Crippen LogP contribution in [-0.2, 0) is 0 Å². The molecule has 0 aliphatic heterocycles. The van der Waals surface area contributed by atoms with E-state index in [1.165, 1.54) is 17.4 Å². The molecule has 0 bridgehead atoms. The molecule has 0 saturated heterocycles. The van der Waals surface area contributed by atoms with Crippen LogP contribution in [0, 0.1) is 5.82 Å². The Hall–Kier alpha value is -3.51. The van der Waals surface area contributed by atoms with Crippen molar-refractivity contribution in [3.05, 3.63) is 83.5 Å². The van der Waals surface area contributed by atoms with Gasteiger partial charge in [0.25, 0.3) is 5.91 Å². The minimum atomic E-state index is -0.451. The van der Waals surface area contributed by atoms with Crippen molar-refractivity contribution in [2.24, 2.45) is 0 Å². The van der Waals surface area contributed by atoms with E-state index >= 15 is 0 Å². The largest absolute Gasteiger partial charge is 0.338 e. The lowest BCUT2D eigenvalue weighted by Crippen LogP contribution is -2.10. The van der Waals surface area contributed by atoms with Gasteiger partial charge in [-0.3, -0.25) is 4.79 Å². The molecule has 0 aliphatic rings. The van der Waals surface area contributed by atoms with Crippen LogP contribution in [0.3, 0.4) is 0 Å². The Morgan fingerprint density at radius 1 is 1.00 bits per heavy atom. The number of carbonyl (C=O) groups excluding carboxylic acids is 1. The van der Waals surface area contributed by atoms with Crippen molar-refractivity contribution in [3.8, 4) is 11.4 Å². The normalized spacial score (nSPS) is 11.2. The topological polar surface area (TPSA) is 57.8 Å². The molecule has 4 nitrogen and oxygen atoms in total. The second-order valence-corrected chi connectivity index (χ2v) is 7.48. The standard InChI is InChI=1S/C22H14FN3OS/c23-16-12-14(24-22(27)20-11-13-5-1-4-8-19(13)28-20)9-10-15(16)21-25-17-6-2-3-7-18(17)26-21/h1-12H,(H,24,27)(H,25,26). The molecule has 0 aliphatic carbocycles. The number of anilines is 1. The molecule has 1 amide bonds. The Morgan fingerprint density at radius 3 is 2.64 bits per heavy atom. The summed E-state index contributed by atoms with van der Waals surface area (Å²) in [5, 5.41) is 3.78. The highest BCUT2D eigenvalue weighted by Crippen LogP contribution is 2.28. The number of benzene rings is 3. The van der Waals surface area contributed by atoms with Crippen LogP contribution in [0.15, 0.2) is 72.8 Å². The second kappa shape index (κ2) is 6.58. The van der Waals surface area contributed by atoms with Crippen molar-refractivity contribution in [3.63, 3.8) is 0 Å². The molecule has 0 atom stereocenters. The number of aromatic amines is 1. The number of nitrogens with one attached hydrogen (secondary N) is 2. The first-order chi connectivity index (χ1) is 13.7. The second-order valence-electron chi connectivity index (χ2n) is 6.40. The summed E-state index contributed by atoms with van der Waals surface area (Å²) in [7, 11) is 0. The van der Waals surface area contributed by atoms with E-state index in [2.05, 4.69) is 15.3 Å². The van der Waals surface area contributed by atoms with Gasteiger partial charge in [0.05, 0.1) is 21.5 Å². The molecule has 0 spiro atoms. The number of fused-ring (bicyclic) bond motifs is 2. The smallest absolute Gasteiger partial charge is 0.265 e. The number of hydrogen-bond acceptors (Lipinski definition) is 3. The number of hydrogen-bond donors (Lipinski definition) is 2. The summed E-state index contributed by atoms with van der Waals surface area (Å²) in [6.45, 7) is 0. The lowest BCUT2D eigenvalue weighted by atomic mass is 10.2. The lowest BCUT2D eigenvalue weighted by Gasteiger charge is -2.06. The van der Waals surface area contributed by atoms with Gasteiger partial charge in [-0.2, -0.15) is 0 Å². The van der Waals surface area contributed by atoms with E-state index < -0.39 is 5.82 Å². The van der Waals surface area contributed by atoms with E-state index in [0.717, 1.165) is 21.1 Å². The fourth-order valence-corrected chi connectivity index (χ4v) is 4.11. The third-order valence-electron chi connectivity index (χ3n) is 4.52. The van der Waals surface area contributed by atoms with Crippen molar-refractivity contribution in [2.45, 2.75) is 0 Å². The average Bonchev–Trinajstić information content (AvgIpc) is 3.32. The first kappa shape index (κ1) is 16.6. The average molecular weight is 387 g/mol. The van der Waals surface area contributed by atoms with Crippen LogP contribution in [0.5, 0.6) is 0 Å². The Labute approximate surface area is 163 Å². The van der Waals surface area contributed by atoms with Crippen molar-refractivity contribution in [2.75, 3.05) is 5.32 Å². The number of rotatable bonds is 3. The fourth-order valence-electron chi connectivity index (χ4n) is 3.15. The van der Waals surface area contributed by atoms with E-state index in [1.807, 2.05) is 54.6 Å². The summed E-state index contributed by atoms with van der Waals surface area (Å²) in [6.07, 6.45) is 0. The van der Waals surface area contributed by atoms with Crippen LogP contribution in [0.1, 0.15) is 9.67 Å².